The first-order valence-electron chi connectivity index (χ1n) is 7.83. The van der Waals surface area contributed by atoms with Gasteiger partial charge in [-0.05, 0) is 43.8 Å². The predicted molar refractivity (Wildman–Crippen MR) is 83.9 cm³/mol. The lowest BCUT2D eigenvalue weighted by atomic mass is 9.98. The molecule has 2 nitrogen and oxygen atoms in total. The van der Waals surface area contributed by atoms with Crippen molar-refractivity contribution in [3.63, 3.8) is 0 Å². The topological polar surface area (TPSA) is 26.3 Å². The van der Waals surface area contributed by atoms with E-state index in [2.05, 4.69) is 40.8 Å². The van der Waals surface area contributed by atoms with Crippen molar-refractivity contribution in [2.24, 2.45) is 11.8 Å². The summed E-state index contributed by atoms with van der Waals surface area (Å²) in [5.74, 6) is 1.17. The van der Waals surface area contributed by atoms with Gasteiger partial charge in [0.1, 0.15) is 5.78 Å². The van der Waals surface area contributed by atoms with Gasteiger partial charge >= 0.3 is 0 Å². The van der Waals surface area contributed by atoms with Crippen molar-refractivity contribution < 1.29 is 9.22 Å². The van der Waals surface area contributed by atoms with Gasteiger partial charge in [-0.3, -0.25) is 4.79 Å². The average Bonchev–Trinajstić information content (AvgIpc) is 2.58. The molecule has 0 aromatic rings. The lowest BCUT2D eigenvalue weighted by Crippen LogP contribution is -2.40. The number of ketones is 1. The summed E-state index contributed by atoms with van der Waals surface area (Å²) in [6.07, 6.45) is 5.53. The van der Waals surface area contributed by atoms with Gasteiger partial charge in [-0.25, -0.2) is 0 Å². The molecule has 1 aliphatic rings. The smallest absolute Gasteiger partial charge is 0.191 e. The molecule has 2 atom stereocenters. The molecule has 1 saturated carbocycles. The highest BCUT2D eigenvalue weighted by Crippen LogP contribution is 2.36. The minimum absolute atomic E-state index is 0.295. The minimum Gasteiger partial charge on any atom is -0.417 e. The van der Waals surface area contributed by atoms with E-state index in [-0.39, 0.29) is 0 Å². The van der Waals surface area contributed by atoms with Crippen LogP contribution in [0.5, 0.6) is 0 Å². The Kier molecular flexibility index (Phi) is 5.81. The van der Waals surface area contributed by atoms with E-state index in [9.17, 15) is 4.79 Å². The van der Waals surface area contributed by atoms with Crippen LogP contribution in [0.15, 0.2) is 0 Å². The largest absolute Gasteiger partial charge is 0.417 e. The normalized spacial score (nSPS) is 25.1. The summed E-state index contributed by atoms with van der Waals surface area (Å²) in [5.41, 5.74) is 0. The SMILES string of the molecule is CC1CCC(CCCCO[Si](C)(C)C(C)(C)C)C1=O. The second-order valence-corrected chi connectivity index (χ2v) is 12.5. The number of hydrogen-bond acceptors (Lipinski definition) is 2. The summed E-state index contributed by atoms with van der Waals surface area (Å²) in [6, 6.07) is 0. The van der Waals surface area contributed by atoms with Gasteiger partial charge in [0.2, 0.25) is 0 Å². The van der Waals surface area contributed by atoms with Crippen LogP contribution >= 0.6 is 0 Å². The zero-order valence-electron chi connectivity index (χ0n) is 13.7. The molecule has 0 radical (unpaired) electrons. The number of Topliss-reactive ketones (excluding diaryl/α,β-unsaturated/α-hetero) is 1. The van der Waals surface area contributed by atoms with E-state index >= 15 is 0 Å². The van der Waals surface area contributed by atoms with Gasteiger partial charge in [-0.1, -0.05) is 34.1 Å². The summed E-state index contributed by atoms with van der Waals surface area (Å²) in [5, 5.41) is 0.295. The molecule has 1 aliphatic carbocycles. The van der Waals surface area contributed by atoms with E-state index in [1.807, 2.05) is 0 Å². The Hall–Kier alpha value is -0.153. The fourth-order valence-electron chi connectivity index (χ4n) is 2.46. The third kappa shape index (κ3) is 4.71. The molecule has 0 spiro atoms. The first-order valence-corrected chi connectivity index (χ1v) is 10.7. The van der Waals surface area contributed by atoms with Gasteiger partial charge in [-0.2, -0.15) is 0 Å². The van der Waals surface area contributed by atoms with Crippen LogP contribution in [0, 0.1) is 11.8 Å². The van der Waals surface area contributed by atoms with E-state index in [0.29, 0.717) is 22.7 Å². The Bertz CT molecular complexity index is 304. The molecular formula is C16H32O2Si. The van der Waals surface area contributed by atoms with Crippen molar-refractivity contribution in [2.75, 3.05) is 6.61 Å². The third-order valence-electron chi connectivity index (χ3n) is 5.05. The van der Waals surface area contributed by atoms with Crippen molar-refractivity contribution in [2.45, 2.75) is 77.9 Å². The standard InChI is InChI=1S/C16H32O2Si/c1-13-10-11-14(15(13)17)9-7-8-12-18-19(5,6)16(2,3)4/h13-14H,7-12H2,1-6H3. The fraction of sp³-hybridized carbons (Fsp3) is 0.938. The van der Waals surface area contributed by atoms with Crippen LogP contribution in [0.2, 0.25) is 18.1 Å². The van der Waals surface area contributed by atoms with E-state index < -0.39 is 8.32 Å². The molecule has 0 aromatic carbocycles. The molecule has 112 valence electrons. The summed E-state index contributed by atoms with van der Waals surface area (Å²) in [4.78, 5) is 11.8. The molecule has 1 rings (SSSR count). The van der Waals surface area contributed by atoms with Crippen LogP contribution in [0.1, 0.15) is 59.8 Å². The predicted octanol–water partition coefficient (Wildman–Crippen LogP) is 4.79. The molecular weight excluding hydrogens is 252 g/mol. The molecule has 0 amide bonds. The third-order valence-corrected chi connectivity index (χ3v) is 9.59. The Morgan fingerprint density at radius 3 is 2.32 bits per heavy atom. The van der Waals surface area contributed by atoms with Crippen molar-refractivity contribution in [1.29, 1.82) is 0 Å². The van der Waals surface area contributed by atoms with Gasteiger partial charge in [-0.15, -0.1) is 0 Å². The zero-order valence-corrected chi connectivity index (χ0v) is 14.7. The molecule has 0 aromatic heterocycles. The number of unbranched alkanes of at least 4 members (excludes halogenated alkanes) is 1. The number of rotatable bonds is 6. The van der Waals surface area contributed by atoms with E-state index in [1.165, 1.54) is 0 Å². The number of hydrogen-bond donors (Lipinski definition) is 0. The Morgan fingerprint density at radius 1 is 1.21 bits per heavy atom. The van der Waals surface area contributed by atoms with Crippen LogP contribution in [0.4, 0.5) is 0 Å². The van der Waals surface area contributed by atoms with Crippen molar-refractivity contribution in [1.82, 2.24) is 0 Å². The van der Waals surface area contributed by atoms with E-state index in [1.54, 1.807) is 0 Å². The lowest BCUT2D eigenvalue weighted by molar-refractivity contribution is -0.123. The summed E-state index contributed by atoms with van der Waals surface area (Å²) < 4.78 is 6.16. The van der Waals surface area contributed by atoms with Gasteiger partial charge in [0, 0.05) is 18.4 Å². The lowest BCUT2D eigenvalue weighted by Gasteiger charge is -2.36. The molecule has 2 unspecified atom stereocenters. The molecule has 0 heterocycles. The fourth-order valence-corrected chi connectivity index (χ4v) is 3.55. The first kappa shape index (κ1) is 16.9. The van der Waals surface area contributed by atoms with Crippen molar-refractivity contribution in [3.8, 4) is 0 Å². The highest BCUT2D eigenvalue weighted by atomic mass is 28.4. The molecule has 1 fully saturated rings. The minimum atomic E-state index is -1.58. The van der Waals surface area contributed by atoms with Crippen LogP contribution in [-0.2, 0) is 9.22 Å². The summed E-state index contributed by atoms with van der Waals surface area (Å²) >= 11 is 0. The second-order valence-electron chi connectivity index (χ2n) is 7.68. The Balaban J connectivity index is 2.17. The van der Waals surface area contributed by atoms with Gasteiger partial charge in [0.25, 0.3) is 0 Å². The quantitative estimate of drug-likeness (QED) is 0.517. The maximum atomic E-state index is 11.8. The maximum Gasteiger partial charge on any atom is 0.191 e. The monoisotopic (exact) mass is 284 g/mol. The van der Waals surface area contributed by atoms with Gasteiger partial charge in [0.05, 0.1) is 0 Å². The molecule has 0 aliphatic heterocycles. The van der Waals surface area contributed by atoms with E-state index in [0.717, 1.165) is 38.7 Å². The van der Waals surface area contributed by atoms with Crippen LogP contribution in [0.3, 0.4) is 0 Å². The van der Waals surface area contributed by atoms with E-state index in [4.69, 9.17) is 4.43 Å². The maximum absolute atomic E-state index is 11.8. The van der Waals surface area contributed by atoms with Crippen LogP contribution < -0.4 is 0 Å². The molecule has 3 heteroatoms. The molecule has 0 saturated heterocycles. The highest BCUT2D eigenvalue weighted by Gasteiger charge is 2.36. The summed E-state index contributed by atoms with van der Waals surface area (Å²) in [6.45, 7) is 14.4. The first-order chi connectivity index (χ1) is 8.65. The highest BCUT2D eigenvalue weighted by molar-refractivity contribution is 6.74. The van der Waals surface area contributed by atoms with Gasteiger partial charge < -0.3 is 4.43 Å². The Morgan fingerprint density at radius 2 is 1.84 bits per heavy atom. The van der Waals surface area contributed by atoms with Gasteiger partial charge in [0.15, 0.2) is 8.32 Å². The number of carbonyl (C=O) groups excluding carboxylic acids is 1. The van der Waals surface area contributed by atoms with Crippen LogP contribution in [0.25, 0.3) is 0 Å². The van der Waals surface area contributed by atoms with Crippen molar-refractivity contribution >= 4 is 14.1 Å². The average molecular weight is 285 g/mol. The Labute approximate surface area is 120 Å². The summed E-state index contributed by atoms with van der Waals surface area (Å²) in [7, 11) is -1.58. The molecule has 0 N–H and O–H groups in total. The molecule has 19 heavy (non-hydrogen) atoms. The van der Waals surface area contributed by atoms with Crippen molar-refractivity contribution in [3.05, 3.63) is 0 Å². The number of carbonyl (C=O) groups is 1. The molecule has 0 bridgehead atoms. The second kappa shape index (κ2) is 6.53. The van der Waals surface area contributed by atoms with Crippen LogP contribution in [-0.4, -0.2) is 20.7 Å². The zero-order chi connectivity index (χ0) is 14.7.